The van der Waals surface area contributed by atoms with Crippen molar-refractivity contribution in [3.63, 3.8) is 0 Å². The van der Waals surface area contributed by atoms with Crippen LogP contribution < -0.4 is 10.6 Å². The van der Waals surface area contributed by atoms with E-state index in [0.717, 1.165) is 24.2 Å². The van der Waals surface area contributed by atoms with E-state index in [1.54, 1.807) is 0 Å². The number of pyridine rings is 1. The lowest BCUT2D eigenvalue weighted by Crippen LogP contribution is -2.22. The van der Waals surface area contributed by atoms with Crippen LogP contribution in [0.15, 0.2) is 24.2 Å². The van der Waals surface area contributed by atoms with Crippen LogP contribution in [0.25, 0.3) is 0 Å². The maximum atomic E-state index is 14.1. The lowest BCUT2D eigenvalue weighted by atomic mass is 9.90. The van der Waals surface area contributed by atoms with Crippen molar-refractivity contribution in [2.75, 3.05) is 0 Å². The van der Waals surface area contributed by atoms with Gasteiger partial charge in [-0.25, -0.2) is 4.39 Å². The van der Waals surface area contributed by atoms with Crippen molar-refractivity contribution < 1.29 is 4.39 Å². The van der Waals surface area contributed by atoms with Gasteiger partial charge >= 0.3 is 0 Å². The second kappa shape index (κ2) is 6.04. The molecule has 1 aliphatic rings. The van der Waals surface area contributed by atoms with E-state index in [2.05, 4.69) is 43.3 Å². The summed E-state index contributed by atoms with van der Waals surface area (Å²) in [7, 11) is 0. The van der Waals surface area contributed by atoms with Crippen LogP contribution in [0.1, 0.15) is 64.8 Å². The Balaban J connectivity index is 2.14. The zero-order valence-corrected chi connectivity index (χ0v) is 13.6. The molecule has 2 rings (SSSR count). The molecule has 0 saturated carbocycles. The molecule has 2 unspecified atom stereocenters. The van der Waals surface area contributed by atoms with Crippen molar-refractivity contribution in [2.45, 2.75) is 65.0 Å². The molecule has 3 nitrogen and oxygen atoms in total. The van der Waals surface area contributed by atoms with Crippen molar-refractivity contribution >= 4 is 0 Å². The van der Waals surface area contributed by atoms with Crippen LogP contribution in [0.2, 0.25) is 0 Å². The Kier molecular flexibility index (Phi) is 4.55. The molecule has 0 saturated heterocycles. The minimum atomic E-state index is -0.249. The minimum absolute atomic E-state index is 0.0715. The van der Waals surface area contributed by atoms with E-state index in [1.165, 1.54) is 6.20 Å². The summed E-state index contributed by atoms with van der Waals surface area (Å²) < 4.78 is 14.1. The third-order valence-electron chi connectivity index (χ3n) is 3.97. The Bertz CT molecular complexity index is 531. The fourth-order valence-corrected chi connectivity index (χ4v) is 2.52. The molecule has 21 heavy (non-hydrogen) atoms. The summed E-state index contributed by atoms with van der Waals surface area (Å²) in [4.78, 5) is 4.22. The van der Waals surface area contributed by atoms with Crippen LogP contribution >= 0.6 is 0 Å². The number of aromatic nitrogens is 1. The summed E-state index contributed by atoms with van der Waals surface area (Å²) in [5, 5.41) is 6.74. The topological polar surface area (TPSA) is 37.0 Å². The van der Waals surface area contributed by atoms with Gasteiger partial charge in [-0.2, -0.15) is 0 Å². The Hall–Kier alpha value is -1.58. The quantitative estimate of drug-likeness (QED) is 0.886. The fourth-order valence-electron chi connectivity index (χ4n) is 2.52. The molecule has 1 aromatic heterocycles. The highest BCUT2D eigenvalue weighted by molar-refractivity contribution is 5.26. The number of hydrogen-bond acceptors (Lipinski definition) is 3. The van der Waals surface area contributed by atoms with Gasteiger partial charge in [0.15, 0.2) is 0 Å². The lowest BCUT2D eigenvalue weighted by molar-refractivity contribution is 0.524. The largest absolute Gasteiger partial charge is 0.386 e. The summed E-state index contributed by atoms with van der Waals surface area (Å²) in [5.41, 5.74) is 2.65. The van der Waals surface area contributed by atoms with E-state index >= 15 is 0 Å². The van der Waals surface area contributed by atoms with Crippen LogP contribution in [0.3, 0.4) is 0 Å². The molecule has 1 aromatic rings. The van der Waals surface area contributed by atoms with Gasteiger partial charge in [-0.3, -0.25) is 4.98 Å². The summed E-state index contributed by atoms with van der Waals surface area (Å²) in [5.74, 6) is -0.249. The van der Waals surface area contributed by atoms with E-state index in [0.29, 0.717) is 11.6 Å². The average molecular weight is 291 g/mol. The number of nitrogens with zero attached hydrogens (tertiary/aromatic N) is 1. The molecule has 116 valence electrons. The number of nitrogens with one attached hydrogen (secondary N) is 2. The van der Waals surface area contributed by atoms with E-state index < -0.39 is 0 Å². The van der Waals surface area contributed by atoms with Gasteiger partial charge < -0.3 is 10.6 Å². The molecule has 1 aliphatic heterocycles. The van der Waals surface area contributed by atoms with Gasteiger partial charge in [0.1, 0.15) is 5.82 Å². The normalized spacial score (nSPS) is 19.9. The highest BCUT2D eigenvalue weighted by Gasteiger charge is 2.21. The molecule has 0 spiro atoms. The molecule has 4 heteroatoms. The molecule has 2 atom stereocenters. The Labute approximate surface area is 127 Å². The predicted octanol–water partition coefficient (Wildman–Crippen LogP) is 3.78. The van der Waals surface area contributed by atoms with Crippen molar-refractivity contribution in [1.29, 1.82) is 0 Å². The molecule has 0 bridgehead atoms. The maximum Gasteiger partial charge on any atom is 0.146 e. The van der Waals surface area contributed by atoms with Crippen molar-refractivity contribution in [3.05, 3.63) is 41.2 Å². The zero-order valence-electron chi connectivity index (χ0n) is 13.6. The maximum absolute atomic E-state index is 14.1. The molecule has 0 aromatic carbocycles. The molecular formula is C17H26FN3. The first-order chi connectivity index (χ1) is 9.81. The Morgan fingerprint density at radius 2 is 2.19 bits per heavy atom. The summed E-state index contributed by atoms with van der Waals surface area (Å²) >= 11 is 0. The van der Waals surface area contributed by atoms with E-state index in [9.17, 15) is 4.39 Å². The lowest BCUT2D eigenvalue weighted by Gasteiger charge is -2.22. The fraction of sp³-hybridized carbons (Fsp3) is 0.588. The third kappa shape index (κ3) is 3.74. The second-order valence-electron chi connectivity index (χ2n) is 6.85. The van der Waals surface area contributed by atoms with Crippen LogP contribution in [-0.2, 0) is 5.41 Å². The minimum Gasteiger partial charge on any atom is -0.386 e. The zero-order chi connectivity index (χ0) is 15.6. The predicted molar refractivity (Wildman–Crippen MR) is 84.4 cm³/mol. The Morgan fingerprint density at radius 1 is 1.48 bits per heavy atom. The van der Waals surface area contributed by atoms with Crippen LogP contribution in [0, 0.1) is 5.82 Å². The van der Waals surface area contributed by atoms with Gasteiger partial charge in [-0.05, 0) is 19.4 Å². The first kappa shape index (κ1) is 15.8. The van der Waals surface area contributed by atoms with Crippen LogP contribution in [0.4, 0.5) is 4.39 Å². The van der Waals surface area contributed by atoms with Gasteiger partial charge in [0.05, 0.1) is 12.2 Å². The average Bonchev–Trinajstić information content (AvgIpc) is 2.85. The highest BCUT2D eigenvalue weighted by Crippen LogP contribution is 2.26. The first-order valence-electron chi connectivity index (χ1n) is 7.68. The summed E-state index contributed by atoms with van der Waals surface area (Å²) in [6.45, 7) is 10.4. The molecule has 0 aliphatic carbocycles. The standard InChI is InChI=1S/C17H26FN3/c1-6-12-7-13(9-19-12)21-11(2)14-8-16(17(3,4)5)20-10-15(14)18/h8-12,19,21H,6-7H2,1-5H3. The molecule has 2 N–H and O–H groups in total. The third-order valence-corrected chi connectivity index (χ3v) is 3.97. The second-order valence-corrected chi connectivity index (χ2v) is 6.85. The van der Waals surface area contributed by atoms with Gasteiger partial charge in [0.25, 0.3) is 0 Å². The van der Waals surface area contributed by atoms with Crippen LogP contribution in [0.5, 0.6) is 0 Å². The van der Waals surface area contributed by atoms with E-state index in [4.69, 9.17) is 0 Å². The molecule has 0 fully saturated rings. The smallest absolute Gasteiger partial charge is 0.146 e. The van der Waals surface area contributed by atoms with E-state index in [1.807, 2.05) is 19.2 Å². The number of rotatable bonds is 4. The Morgan fingerprint density at radius 3 is 2.76 bits per heavy atom. The van der Waals surface area contributed by atoms with Gasteiger partial charge in [0.2, 0.25) is 0 Å². The van der Waals surface area contributed by atoms with Crippen LogP contribution in [-0.4, -0.2) is 11.0 Å². The summed E-state index contributed by atoms with van der Waals surface area (Å²) in [6, 6.07) is 2.30. The monoisotopic (exact) mass is 291 g/mol. The van der Waals surface area contributed by atoms with Crippen molar-refractivity contribution in [3.8, 4) is 0 Å². The van der Waals surface area contributed by atoms with Crippen molar-refractivity contribution in [1.82, 2.24) is 15.6 Å². The summed E-state index contributed by atoms with van der Waals surface area (Å²) in [6.07, 6.45) is 5.41. The molecule has 0 amide bonds. The molecule has 0 radical (unpaired) electrons. The number of hydrogen-bond donors (Lipinski definition) is 2. The van der Waals surface area contributed by atoms with Gasteiger partial charge in [0, 0.05) is 41.0 Å². The molecular weight excluding hydrogens is 265 g/mol. The number of halogens is 1. The highest BCUT2D eigenvalue weighted by atomic mass is 19.1. The SMILES string of the molecule is CCC1CC(NC(C)c2cc(C(C)(C)C)ncc2F)=CN1. The van der Waals surface area contributed by atoms with E-state index in [-0.39, 0.29) is 17.3 Å². The van der Waals surface area contributed by atoms with Crippen molar-refractivity contribution in [2.24, 2.45) is 0 Å². The molecule has 2 heterocycles. The van der Waals surface area contributed by atoms with Gasteiger partial charge in [-0.15, -0.1) is 0 Å². The first-order valence-corrected chi connectivity index (χ1v) is 7.68. The van der Waals surface area contributed by atoms with Gasteiger partial charge in [-0.1, -0.05) is 27.7 Å².